The molecule has 2 aromatic rings. The maximum absolute atomic E-state index is 13.0. The zero-order valence-corrected chi connectivity index (χ0v) is 17.5. The molecular weight excluding hydrogens is 407 g/mol. The first-order valence-electron chi connectivity index (χ1n) is 10.2. The van der Waals surface area contributed by atoms with E-state index in [1.807, 2.05) is 4.90 Å². The van der Waals surface area contributed by atoms with Gasteiger partial charge in [-0.3, -0.25) is 19.4 Å². The summed E-state index contributed by atoms with van der Waals surface area (Å²) in [5, 5.41) is 11.9. The summed E-state index contributed by atoms with van der Waals surface area (Å²) in [5.41, 5.74) is 0.512. The Kier molecular flexibility index (Phi) is 6.66. The van der Waals surface area contributed by atoms with Crippen LogP contribution in [0.5, 0.6) is 0 Å². The predicted octanol–water partition coefficient (Wildman–Crippen LogP) is 1.67. The molecule has 10 heteroatoms. The molecular formula is C20H25FN6O2S. The molecule has 3 heterocycles. The molecule has 0 spiro atoms. The number of carbonyl (C=O) groups is 2. The monoisotopic (exact) mass is 432 g/mol. The predicted molar refractivity (Wildman–Crippen MR) is 112 cm³/mol. The number of nitrogens with zero attached hydrogens (tertiary/aromatic N) is 5. The highest BCUT2D eigenvalue weighted by Gasteiger charge is 2.24. The van der Waals surface area contributed by atoms with Gasteiger partial charge in [-0.2, -0.15) is 0 Å². The van der Waals surface area contributed by atoms with Crippen LogP contribution in [0.4, 0.5) is 10.1 Å². The Labute approximate surface area is 178 Å². The number of benzene rings is 1. The molecule has 1 aromatic heterocycles. The molecule has 160 valence electrons. The number of nitrogens with one attached hydrogen (secondary N) is 1. The first-order chi connectivity index (χ1) is 14.6. The van der Waals surface area contributed by atoms with Crippen LogP contribution in [0.3, 0.4) is 0 Å². The number of piperazine rings is 1. The van der Waals surface area contributed by atoms with Gasteiger partial charge >= 0.3 is 0 Å². The van der Waals surface area contributed by atoms with E-state index in [9.17, 15) is 14.0 Å². The van der Waals surface area contributed by atoms with Crippen LogP contribution >= 0.6 is 11.3 Å². The van der Waals surface area contributed by atoms with Crippen molar-refractivity contribution in [2.45, 2.75) is 19.4 Å². The maximum Gasteiger partial charge on any atom is 0.286 e. The van der Waals surface area contributed by atoms with Crippen LogP contribution in [0.2, 0.25) is 0 Å². The Morgan fingerprint density at radius 3 is 2.33 bits per heavy atom. The van der Waals surface area contributed by atoms with E-state index in [0.29, 0.717) is 18.8 Å². The van der Waals surface area contributed by atoms with Crippen molar-refractivity contribution >= 4 is 28.8 Å². The van der Waals surface area contributed by atoms with Gasteiger partial charge in [-0.05, 0) is 37.1 Å². The summed E-state index contributed by atoms with van der Waals surface area (Å²) in [6.45, 7) is 6.32. The van der Waals surface area contributed by atoms with Gasteiger partial charge in [-0.15, -0.1) is 10.2 Å². The number of rotatable bonds is 6. The maximum atomic E-state index is 13.0. The molecule has 2 fully saturated rings. The highest BCUT2D eigenvalue weighted by molar-refractivity contribution is 7.13. The summed E-state index contributed by atoms with van der Waals surface area (Å²) < 4.78 is 13.0. The Balaban J connectivity index is 1.23. The largest absolute Gasteiger partial charge is 0.342 e. The summed E-state index contributed by atoms with van der Waals surface area (Å²) in [6, 6.07) is 5.59. The lowest BCUT2D eigenvalue weighted by molar-refractivity contribution is -0.131. The van der Waals surface area contributed by atoms with Gasteiger partial charge in [0.05, 0.1) is 13.1 Å². The Morgan fingerprint density at radius 2 is 1.63 bits per heavy atom. The van der Waals surface area contributed by atoms with Crippen LogP contribution in [-0.2, 0) is 11.3 Å². The van der Waals surface area contributed by atoms with Gasteiger partial charge in [0.2, 0.25) is 10.9 Å². The van der Waals surface area contributed by atoms with Crippen LogP contribution in [0.25, 0.3) is 0 Å². The van der Waals surface area contributed by atoms with E-state index < -0.39 is 0 Å². The summed E-state index contributed by atoms with van der Waals surface area (Å²) in [4.78, 5) is 31.0. The molecule has 0 aliphatic carbocycles. The van der Waals surface area contributed by atoms with Crippen LogP contribution < -0.4 is 5.32 Å². The van der Waals surface area contributed by atoms with Gasteiger partial charge in [0, 0.05) is 45.0 Å². The minimum Gasteiger partial charge on any atom is -0.342 e. The Hall–Kier alpha value is -2.43. The van der Waals surface area contributed by atoms with Gasteiger partial charge in [0.25, 0.3) is 5.91 Å². The quantitative estimate of drug-likeness (QED) is 0.748. The van der Waals surface area contributed by atoms with E-state index in [2.05, 4.69) is 25.3 Å². The fourth-order valence-corrected chi connectivity index (χ4v) is 4.46. The van der Waals surface area contributed by atoms with Gasteiger partial charge in [-0.1, -0.05) is 11.3 Å². The van der Waals surface area contributed by atoms with Crippen molar-refractivity contribution in [3.05, 3.63) is 40.1 Å². The third-order valence-corrected chi connectivity index (χ3v) is 6.31. The zero-order chi connectivity index (χ0) is 20.9. The molecule has 0 unspecified atom stereocenters. The normalized spacial score (nSPS) is 18.0. The van der Waals surface area contributed by atoms with Crippen molar-refractivity contribution in [3.63, 3.8) is 0 Å². The molecule has 0 saturated carbocycles. The average Bonchev–Trinajstić information content (AvgIpc) is 3.43. The van der Waals surface area contributed by atoms with Gasteiger partial charge < -0.3 is 10.2 Å². The summed E-state index contributed by atoms with van der Waals surface area (Å²) in [7, 11) is 0. The number of likely N-dealkylation sites (tertiary alicyclic amines) is 1. The first kappa shape index (κ1) is 20.8. The lowest BCUT2D eigenvalue weighted by Crippen LogP contribution is -2.49. The number of amides is 2. The summed E-state index contributed by atoms with van der Waals surface area (Å²) in [6.07, 6.45) is 2.23. The minimum absolute atomic E-state index is 0.238. The fourth-order valence-electron chi connectivity index (χ4n) is 3.68. The van der Waals surface area contributed by atoms with Crippen molar-refractivity contribution in [3.8, 4) is 0 Å². The van der Waals surface area contributed by atoms with Gasteiger partial charge in [-0.25, -0.2) is 4.39 Å². The number of carbonyl (C=O) groups excluding carboxylic acids is 2. The van der Waals surface area contributed by atoms with Gasteiger partial charge in [0.1, 0.15) is 10.8 Å². The van der Waals surface area contributed by atoms with E-state index in [1.165, 1.54) is 35.6 Å². The molecule has 4 rings (SSSR count). The second kappa shape index (κ2) is 9.59. The van der Waals surface area contributed by atoms with Crippen LogP contribution in [0.15, 0.2) is 24.3 Å². The summed E-state index contributed by atoms with van der Waals surface area (Å²) in [5.74, 6) is -0.468. The molecule has 0 bridgehead atoms. The lowest BCUT2D eigenvalue weighted by Gasteiger charge is -2.34. The fraction of sp³-hybridized carbons (Fsp3) is 0.500. The van der Waals surface area contributed by atoms with Crippen LogP contribution in [0.1, 0.15) is 27.7 Å². The van der Waals surface area contributed by atoms with Crippen molar-refractivity contribution in [1.29, 1.82) is 0 Å². The van der Waals surface area contributed by atoms with E-state index in [0.717, 1.165) is 57.1 Å². The van der Waals surface area contributed by atoms with Crippen molar-refractivity contribution in [2.24, 2.45) is 0 Å². The molecule has 0 atom stereocenters. The third kappa shape index (κ3) is 5.38. The van der Waals surface area contributed by atoms with Crippen molar-refractivity contribution in [1.82, 2.24) is 24.9 Å². The second-order valence-electron chi connectivity index (χ2n) is 7.60. The standard InChI is InChI=1S/C20H25FN6O2S/c21-15-3-5-16(6-4-15)22-19(29)20-24-23-17(30-20)13-25-9-11-26(12-10-25)14-18(28)27-7-1-2-8-27/h3-6H,1-2,7-14H2,(H,22,29). The summed E-state index contributed by atoms with van der Waals surface area (Å²) >= 11 is 1.26. The molecule has 0 radical (unpaired) electrons. The van der Waals surface area contributed by atoms with E-state index in [1.54, 1.807) is 0 Å². The molecule has 1 aromatic carbocycles. The molecule has 2 saturated heterocycles. The molecule has 8 nitrogen and oxygen atoms in total. The smallest absolute Gasteiger partial charge is 0.286 e. The zero-order valence-electron chi connectivity index (χ0n) is 16.7. The number of halogens is 1. The molecule has 30 heavy (non-hydrogen) atoms. The number of hydrogen-bond acceptors (Lipinski definition) is 7. The Morgan fingerprint density at radius 1 is 0.967 bits per heavy atom. The SMILES string of the molecule is O=C(Nc1ccc(F)cc1)c1nnc(CN2CCN(CC(=O)N3CCCC3)CC2)s1. The molecule has 2 amide bonds. The van der Waals surface area contributed by atoms with Crippen molar-refractivity contribution in [2.75, 3.05) is 51.1 Å². The van der Waals surface area contributed by atoms with Crippen LogP contribution in [-0.4, -0.2) is 82.5 Å². The lowest BCUT2D eigenvalue weighted by atomic mass is 10.3. The average molecular weight is 433 g/mol. The van der Waals surface area contributed by atoms with Gasteiger partial charge in [0.15, 0.2) is 0 Å². The number of hydrogen-bond donors (Lipinski definition) is 1. The molecule has 2 aliphatic rings. The minimum atomic E-state index is -0.355. The van der Waals surface area contributed by atoms with E-state index in [4.69, 9.17) is 0 Å². The topological polar surface area (TPSA) is 81.7 Å². The van der Waals surface area contributed by atoms with E-state index in [-0.39, 0.29) is 22.6 Å². The highest BCUT2D eigenvalue weighted by atomic mass is 32.1. The second-order valence-corrected chi connectivity index (χ2v) is 8.66. The number of aromatic nitrogens is 2. The Bertz CT molecular complexity index is 876. The number of anilines is 1. The molecule has 2 aliphatic heterocycles. The highest BCUT2D eigenvalue weighted by Crippen LogP contribution is 2.16. The van der Waals surface area contributed by atoms with Crippen molar-refractivity contribution < 1.29 is 14.0 Å². The van der Waals surface area contributed by atoms with Crippen LogP contribution in [0, 0.1) is 5.82 Å². The van der Waals surface area contributed by atoms with E-state index >= 15 is 0 Å². The third-order valence-electron chi connectivity index (χ3n) is 5.40. The first-order valence-corrected chi connectivity index (χ1v) is 11.0. The molecule has 1 N–H and O–H groups in total.